The van der Waals surface area contributed by atoms with Gasteiger partial charge in [0, 0.05) is 19.3 Å². The molecule has 0 saturated carbocycles. The van der Waals surface area contributed by atoms with Crippen molar-refractivity contribution >= 4 is 17.9 Å². The van der Waals surface area contributed by atoms with Crippen molar-refractivity contribution in [2.24, 2.45) is 0 Å². The van der Waals surface area contributed by atoms with E-state index in [1.807, 2.05) is 21.1 Å². The van der Waals surface area contributed by atoms with E-state index in [4.69, 9.17) is 14.2 Å². The molecule has 2 atom stereocenters. The van der Waals surface area contributed by atoms with Crippen molar-refractivity contribution in [2.45, 2.75) is 212 Å². The zero-order chi connectivity index (χ0) is 42.8. The number of carbonyl (C=O) groups excluding carboxylic acids is 2. The molecule has 336 valence electrons. The molecule has 0 spiro atoms. The molecule has 0 aliphatic carbocycles. The fourth-order valence-corrected chi connectivity index (χ4v) is 6.75. The number of carboxylic acids is 1. The highest BCUT2D eigenvalue weighted by Gasteiger charge is 2.31. The van der Waals surface area contributed by atoms with Gasteiger partial charge in [0.1, 0.15) is 6.61 Å². The minimum atomic E-state index is -0.882. The molecule has 0 bridgehead atoms. The maximum Gasteiger partial charge on any atom is 0.362 e. The van der Waals surface area contributed by atoms with Crippen LogP contribution in [0.5, 0.6) is 0 Å². The summed E-state index contributed by atoms with van der Waals surface area (Å²) in [5.74, 6) is -1.54. The number of hydrogen-bond acceptors (Lipinski definition) is 6. The molecule has 0 aromatic carbocycles. The lowest BCUT2D eigenvalue weighted by Gasteiger charge is -2.31. The van der Waals surface area contributed by atoms with E-state index < -0.39 is 18.1 Å². The number of rotatable bonds is 42. The first-order valence-electron chi connectivity index (χ1n) is 23.7. The molecule has 0 aliphatic heterocycles. The Kier molecular flexibility index (Phi) is 39.1. The highest BCUT2D eigenvalue weighted by Crippen LogP contribution is 2.14. The summed E-state index contributed by atoms with van der Waals surface area (Å²) in [7, 11) is 5.51. The van der Waals surface area contributed by atoms with Crippen LogP contribution in [0.1, 0.15) is 200 Å². The van der Waals surface area contributed by atoms with Crippen LogP contribution in [-0.2, 0) is 28.6 Å². The third kappa shape index (κ3) is 38.8. The van der Waals surface area contributed by atoms with E-state index >= 15 is 0 Å². The van der Waals surface area contributed by atoms with Gasteiger partial charge in [0.05, 0.1) is 34.4 Å². The molecule has 0 rings (SSSR count). The molecule has 0 amide bonds. The minimum absolute atomic E-state index is 0.0436. The van der Waals surface area contributed by atoms with Crippen molar-refractivity contribution in [1.29, 1.82) is 0 Å². The van der Waals surface area contributed by atoms with Crippen molar-refractivity contribution in [2.75, 3.05) is 41.0 Å². The Balaban J connectivity index is 4.39. The van der Waals surface area contributed by atoms with Gasteiger partial charge in [0.15, 0.2) is 12.1 Å². The first-order chi connectivity index (χ1) is 28.1. The average Bonchev–Trinajstić information content (AvgIpc) is 3.18. The molecular weight excluding hydrogens is 727 g/mol. The zero-order valence-corrected chi connectivity index (χ0v) is 38.2. The lowest BCUT2D eigenvalue weighted by atomic mass is 10.1. The van der Waals surface area contributed by atoms with E-state index in [9.17, 15) is 19.5 Å². The van der Waals surface area contributed by atoms with Crippen LogP contribution < -0.4 is 0 Å². The van der Waals surface area contributed by atoms with E-state index in [2.05, 4.69) is 62.5 Å². The minimum Gasteiger partial charge on any atom is -0.477 e. The summed E-state index contributed by atoms with van der Waals surface area (Å²) in [6.07, 6.45) is 48.7. The van der Waals surface area contributed by atoms with Crippen LogP contribution in [-0.4, -0.2) is 80.6 Å². The topological polar surface area (TPSA) is 99.1 Å². The number of hydrogen-bond donors (Lipinski definition) is 1. The van der Waals surface area contributed by atoms with E-state index in [0.717, 1.165) is 38.5 Å². The Bertz CT molecular complexity index is 1090. The number of carbonyl (C=O) groups is 3. The van der Waals surface area contributed by atoms with Crippen molar-refractivity contribution in [3.05, 3.63) is 48.6 Å². The molecular formula is C50H90NO7+. The lowest BCUT2D eigenvalue weighted by Crippen LogP contribution is -2.50. The van der Waals surface area contributed by atoms with E-state index in [-0.39, 0.29) is 42.7 Å². The molecule has 8 heteroatoms. The van der Waals surface area contributed by atoms with Gasteiger partial charge in [-0.25, -0.2) is 4.79 Å². The summed E-state index contributed by atoms with van der Waals surface area (Å²) in [5.41, 5.74) is 0. The van der Waals surface area contributed by atoms with E-state index in [1.54, 1.807) is 0 Å². The van der Waals surface area contributed by atoms with Crippen molar-refractivity contribution in [1.82, 2.24) is 0 Å². The molecule has 0 aromatic rings. The summed E-state index contributed by atoms with van der Waals surface area (Å²) < 4.78 is 17.3. The van der Waals surface area contributed by atoms with Crippen molar-refractivity contribution in [3.63, 3.8) is 0 Å². The van der Waals surface area contributed by atoms with Crippen LogP contribution in [0.15, 0.2) is 48.6 Å². The average molecular weight is 817 g/mol. The second kappa shape index (κ2) is 41.0. The fourth-order valence-electron chi connectivity index (χ4n) is 6.75. The summed E-state index contributed by atoms with van der Waals surface area (Å²) in [4.78, 5) is 37.0. The second-order valence-corrected chi connectivity index (χ2v) is 17.0. The number of aliphatic carboxylic acids is 1. The first-order valence-corrected chi connectivity index (χ1v) is 23.7. The summed E-state index contributed by atoms with van der Waals surface area (Å²) >= 11 is 0. The molecule has 0 fully saturated rings. The van der Waals surface area contributed by atoms with Crippen LogP contribution in [0.2, 0.25) is 0 Å². The third-order valence-corrected chi connectivity index (χ3v) is 10.5. The normalized spacial score (nSPS) is 13.3. The molecule has 0 aromatic heterocycles. The lowest BCUT2D eigenvalue weighted by molar-refractivity contribution is -0.887. The number of ether oxygens (including phenoxy) is 3. The van der Waals surface area contributed by atoms with Crippen LogP contribution >= 0.6 is 0 Å². The smallest absolute Gasteiger partial charge is 0.362 e. The molecule has 0 heterocycles. The number of unbranched alkanes of at least 4 members (excludes halogenated alkanes) is 20. The quantitative estimate of drug-likeness (QED) is 0.0283. The highest BCUT2D eigenvalue weighted by atomic mass is 16.6. The number of allylic oxidation sites excluding steroid dienone is 8. The SMILES string of the molecule is CCCCCCCC/C=C/C/C=C/C/C=C/CCCC(=O)OCC(COCCC(C(=O)O)[N+](C)(C)C)OC(=O)CCCCCCCCC/C=C/CCCCCCCC. The molecule has 2 unspecified atom stereocenters. The van der Waals surface area contributed by atoms with Crippen LogP contribution in [0.3, 0.4) is 0 Å². The summed E-state index contributed by atoms with van der Waals surface area (Å²) in [6.45, 7) is 4.67. The van der Waals surface area contributed by atoms with Gasteiger partial charge in [-0.2, -0.15) is 0 Å². The highest BCUT2D eigenvalue weighted by molar-refractivity contribution is 5.72. The van der Waals surface area contributed by atoms with Gasteiger partial charge >= 0.3 is 17.9 Å². The van der Waals surface area contributed by atoms with Crippen molar-refractivity contribution < 1.29 is 38.2 Å². The molecule has 1 N–H and O–H groups in total. The monoisotopic (exact) mass is 817 g/mol. The molecule has 0 aliphatic rings. The molecule has 8 nitrogen and oxygen atoms in total. The third-order valence-electron chi connectivity index (χ3n) is 10.5. The Morgan fingerprint density at radius 2 is 0.931 bits per heavy atom. The standard InChI is InChI=1S/C50H89NO7/c1-6-8-10-12-14-16-18-20-22-24-26-28-30-32-34-36-38-40-48(52)57-45-46(44-56-43-42-47(50(54)55)51(3,4)5)58-49(53)41-39-37-35-33-31-29-27-25-23-21-19-17-15-13-11-9-7-2/h20-23,26,28,32,34,46-47H,6-19,24-25,27,29-31,33,35-45H2,1-5H3/p+1/b22-20+,23-21+,28-26+,34-32+. The molecule has 58 heavy (non-hydrogen) atoms. The van der Waals surface area contributed by atoms with Crippen LogP contribution in [0.25, 0.3) is 0 Å². The maximum absolute atomic E-state index is 12.7. The number of esters is 2. The van der Waals surface area contributed by atoms with Gasteiger partial charge in [-0.3, -0.25) is 9.59 Å². The number of likely N-dealkylation sites (N-methyl/N-ethyl adjacent to an activating group) is 1. The van der Waals surface area contributed by atoms with Gasteiger partial charge < -0.3 is 23.8 Å². The Labute approximate surface area is 356 Å². The Morgan fingerprint density at radius 3 is 1.41 bits per heavy atom. The Morgan fingerprint density at radius 1 is 0.517 bits per heavy atom. The first kappa shape index (κ1) is 55.3. The van der Waals surface area contributed by atoms with E-state index in [0.29, 0.717) is 19.3 Å². The maximum atomic E-state index is 12.7. The van der Waals surface area contributed by atoms with Gasteiger partial charge in [0.25, 0.3) is 0 Å². The molecule has 0 radical (unpaired) electrons. The predicted molar refractivity (Wildman–Crippen MR) is 243 cm³/mol. The van der Waals surface area contributed by atoms with Gasteiger partial charge in [-0.05, 0) is 70.6 Å². The number of nitrogens with zero attached hydrogens (tertiary/aromatic N) is 1. The van der Waals surface area contributed by atoms with Crippen molar-refractivity contribution in [3.8, 4) is 0 Å². The largest absolute Gasteiger partial charge is 0.477 e. The Hall–Kier alpha value is -2.71. The predicted octanol–water partition coefficient (Wildman–Crippen LogP) is 13.2. The number of quaternary nitrogens is 1. The van der Waals surface area contributed by atoms with E-state index in [1.165, 1.54) is 122 Å². The number of carboxylic acid groups (broad SMARTS) is 1. The van der Waals surface area contributed by atoms with Gasteiger partial charge in [-0.15, -0.1) is 0 Å². The van der Waals surface area contributed by atoms with Crippen LogP contribution in [0, 0.1) is 0 Å². The second-order valence-electron chi connectivity index (χ2n) is 17.0. The van der Waals surface area contributed by atoms with Gasteiger partial charge in [0.2, 0.25) is 0 Å². The zero-order valence-electron chi connectivity index (χ0n) is 38.2. The molecule has 0 saturated heterocycles. The summed E-state index contributed by atoms with van der Waals surface area (Å²) in [6, 6.07) is -0.623. The van der Waals surface area contributed by atoms with Gasteiger partial charge in [-0.1, -0.05) is 159 Å². The fraction of sp³-hybridized carbons (Fsp3) is 0.780. The summed E-state index contributed by atoms with van der Waals surface area (Å²) in [5, 5.41) is 9.63. The van der Waals surface area contributed by atoms with Crippen LogP contribution in [0.4, 0.5) is 0 Å².